The number of benzene rings is 2. The Kier molecular flexibility index (Phi) is 6.43. The SMILES string of the molecule is CCOc1ccc(NC(=O)CSc2nn(-c3ccccc3)c(=S)s2)cc1. The predicted octanol–water partition coefficient (Wildman–Crippen LogP) is 4.79. The molecule has 5 nitrogen and oxygen atoms in total. The summed E-state index contributed by atoms with van der Waals surface area (Å²) in [7, 11) is 0. The Balaban J connectivity index is 1.57. The van der Waals surface area contributed by atoms with Gasteiger partial charge in [-0.25, -0.2) is 4.68 Å². The Bertz CT molecular complexity index is 921. The topological polar surface area (TPSA) is 56.1 Å². The van der Waals surface area contributed by atoms with Gasteiger partial charge >= 0.3 is 0 Å². The van der Waals surface area contributed by atoms with Crippen molar-refractivity contribution in [2.24, 2.45) is 0 Å². The minimum absolute atomic E-state index is 0.0912. The summed E-state index contributed by atoms with van der Waals surface area (Å²) in [6.45, 7) is 2.55. The number of nitrogens with zero attached hydrogens (tertiary/aromatic N) is 2. The van der Waals surface area contributed by atoms with E-state index in [9.17, 15) is 4.79 Å². The number of thioether (sulfide) groups is 1. The second kappa shape index (κ2) is 8.98. The van der Waals surface area contributed by atoms with E-state index in [1.807, 2.05) is 61.5 Å². The van der Waals surface area contributed by atoms with E-state index in [1.54, 1.807) is 4.68 Å². The highest BCUT2D eigenvalue weighted by Gasteiger charge is 2.09. The van der Waals surface area contributed by atoms with E-state index >= 15 is 0 Å². The predicted molar refractivity (Wildman–Crippen MR) is 109 cm³/mol. The first kappa shape index (κ1) is 18.6. The molecule has 0 radical (unpaired) electrons. The summed E-state index contributed by atoms with van der Waals surface area (Å²) in [5.74, 6) is 0.960. The van der Waals surface area contributed by atoms with Crippen molar-refractivity contribution in [2.45, 2.75) is 11.3 Å². The Labute approximate surface area is 165 Å². The zero-order chi connectivity index (χ0) is 18.4. The van der Waals surface area contributed by atoms with Crippen LogP contribution in [0.3, 0.4) is 0 Å². The zero-order valence-corrected chi connectivity index (χ0v) is 16.5. The molecule has 0 aliphatic heterocycles. The number of hydrogen-bond donors (Lipinski definition) is 1. The lowest BCUT2D eigenvalue weighted by Crippen LogP contribution is -2.13. The molecule has 2 aromatic carbocycles. The largest absolute Gasteiger partial charge is 0.494 e. The van der Waals surface area contributed by atoms with E-state index in [4.69, 9.17) is 17.0 Å². The molecule has 1 aromatic heterocycles. The molecule has 0 saturated heterocycles. The summed E-state index contributed by atoms with van der Waals surface area (Å²) >= 11 is 8.14. The first-order valence-electron chi connectivity index (χ1n) is 7.97. The molecule has 0 aliphatic rings. The van der Waals surface area contributed by atoms with Crippen molar-refractivity contribution in [1.82, 2.24) is 9.78 Å². The lowest BCUT2D eigenvalue weighted by molar-refractivity contribution is -0.113. The van der Waals surface area contributed by atoms with Gasteiger partial charge in [0.15, 0.2) is 8.29 Å². The van der Waals surface area contributed by atoms with Gasteiger partial charge in [-0.2, -0.15) is 0 Å². The van der Waals surface area contributed by atoms with Gasteiger partial charge in [-0.1, -0.05) is 41.3 Å². The maximum atomic E-state index is 12.1. The number of carbonyl (C=O) groups is 1. The normalized spacial score (nSPS) is 10.5. The molecule has 26 heavy (non-hydrogen) atoms. The molecular weight excluding hydrogens is 386 g/mol. The van der Waals surface area contributed by atoms with E-state index in [2.05, 4.69) is 10.4 Å². The van der Waals surface area contributed by atoms with Crippen LogP contribution in [-0.4, -0.2) is 28.0 Å². The summed E-state index contributed by atoms with van der Waals surface area (Å²) in [5, 5.41) is 7.35. The van der Waals surface area contributed by atoms with Crippen LogP contribution in [0.15, 0.2) is 58.9 Å². The molecule has 1 amide bonds. The minimum Gasteiger partial charge on any atom is -0.494 e. The molecule has 0 spiro atoms. The van der Waals surface area contributed by atoms with Crippen LogP contribution < -0.4 is 10.1 Å². The summed E-state index contributed by atoms with van der Waals surface area (Å²) < 4.78 is 8.52. The second-order valence-corrected chi connectivity index (χ2v) is 8.02. The fraction of sp³-hybridized carbons (Fsp3) is 0.167. The second-order valence-electron chi connectivity index (χ2n) is 5.18. The van der Waals surface area contributed by atoms with Crippen molar-refractivity contribution >= 4 is 46.9 Å². The molecule has 0 saturated carbocycles. The third-order valence-corrected chi connectivity index (χ3v) is 5.67. The molecule has 0 unspecified atom stereocenters. The van der Waals surface area contributed by atoms with Crippen LogP contribution in [0.4, 0.5) is 5.69 Å². The minimum atomic E-state index is -0.0912. The summed E-state index contributed by atoms with van der Waals surface area (Å²) in [6, 6.07) is 17.0. The van der Waals surface area contributed by atoms with Gasteiger partial charge in [0, 0.05) is 5.69 Å². The Hall–Kier alpha value is -2.16. The number of hydrogen-bond acceptors (Lipinski definition) is 6. The molecule has 0 atom stereocenters. The third kappa shape index (κ3) is 4.94. The summed E-state index contributed by atoms with van der Waals surface area (Å²) in [5.41, 5.74) is 1.65. The molecule has 3 aromatic rings. The Morgan fingerprint density at radius 2 is 1.96 bits per heavy atom. The van der Waals surface area contributed by atoms with Crippen molar-refractivity contribution in [3.05, 3.63) is 58.6 Å². The Morgan fingerprint density at radius 1 is 1.23 bits per heavy atom. The van der Waals surface area contributed by atoms with Gasteiger partial charge in [-0.15, -0.1) is 5.10 Å². The summed E-state index contributed by atoms with van der Waals surface area (Å²) in [6.07, 6.45) is 0. The van der Waals surface area contributed by atoms with Crippen molar-refractivity contribution in [3.63, 3.8) is 0 Å². The van der Waals surface area contributed by atoms with Crippen molar-refractivity contribution < 1.29 is 9.53 Å². The number of ether oxygens (including phenoxy) is 1. The van der Waals surface area contributed by atoms with Crippen LogP contribution in [0.2, 0.25) is 0 Å². The maximum Gasteiger partial charge on any atom is 0.234 e. The number of aromatic nitrogens is 2. The van der Waals surface area contributed by atoms with Gasteiger partial charge in [0.25, 0.3) is 0 Å². The van der Waals surface area contributed by atoms with Gasteiger partial charge < -0.3 is 10.1 Å². The van der Waals surface area contributed by atoms with Crippen LogP contribution >= 0.6 is 35.3 Å². The first-order chi connectivity index (χ1) is 12.7. The molecule has 1 N–H and O–H groups in total. The molecular formula is C18H17N3O2S3. The highest BCUT2D eigenvalue weighted by Crippen LogP contribution is 2.24. The number of nitrogens with one attached hydrogen (secondary N) is 1. The van der Waals surface area contributed by atoms with E-state index in [0.717, 1.165) is 21.5 Å². The molecule has 0 bridgehead atoms. The van der Waals surface area contributed by atoms with Gasteiger partial charge in [0.1, 0.15) is 5.75 Å². The van der Waals surface area contributed by atoms with Gasteiger partial charge in [-0.3, -0.25) is 4.79 Å². The smallest absolute Gasteiger partial charge is 0.234 e. The van der Waals surface area contributed by atoms with Gasteiger partial charge in [0.05, 0.1) is 18.0 Å². The van der Waals surface area contributed by atoms with Gasteiger partial charge in [-0.05, 0) is 55.5 Å². The first-order valence-corrected chi connectivity index (χ1v) is 10.2. The lowest BCUT2D eigenvalue weighted by Gasteiger charge is -2.06. The highest BCUT2D eigenvalue weighted by atomic mass is 32.2. The van der Waals surface area contributed by atoms with Crippen LogP contribution in [-0.2, 0) is 4.79 Å². The molecule has 1 heterocycles. The van der Waals surface area contributed by atoms with E-state index in [1.165, 1.54) is 23.1 Å². The summed E-state index contributed by atoms with van der Waals surface area (Å²) in [4.78, 5) is 12.1. The molecule has 134 valence electrons. The average Bonchev–Trinajstić information content (AvgIpc) is 3.03. The molecule has 8 heteroatoms. The molecule has 0 aliphatic carbocycles. The quantitative estimate of drug-likeness (QED) is 0.454. The maximum absolute atomic E-state index is 12.1. The van der Waals surface area contributed by atoms with Crippen LogP contribution in [0.5, 0.6) is 5.75 Å². The highest BCUT2D eigenvalue weighted by molar-refractivity contribution is 8.01. The average molecular weight is 404 g/mol. The zero-order valence-electron chi connectivity index (χ0n) is 14.0. The number of para-hydroxylation sites is 1. The number of amides is 1. The number of carbonyl (C=O) groups excluding carboxylic acids is 1. The van der Waals surface area contributed by atoms with E-state index in [0.29, 0.717) is 10.6 Å². The van der Waals surface area contributed by atoms with Crippen molar-refractivity contribution in [1.29, 1.82) is 0 Å². The lowest BCUT2D eigenvalue weighted by atomic mass is 10.3. The van der Waals surface area contributed by atoms with Crippen molar-refractivity contribution in [2.75, 3.05) is 17.7 Å². The van der Waals surface area contributed by atoms with Crippen LogP contribution in [0.25, 0.3) is 5.69 Å². The van der Waals surface area contributed by atoms with E-state index in [-0.39, 0.29) is 11.7 Å². The molecule has 3 rings (SSSR count). The van der Waals surface area contributed by atoms with Crippen molar-refractivity contribution in [3.8, 4) is 11.4 Å². The number of rotatable bonds is 7. The fourth-order valence-electron chi connectivity index (χ4n) is 2.18. The molecule has 0 fully saturated rings. The Morgan fingerprint density at radius 3 is 2.65 bits per heavy atom. The van der Waals surface area contributed by atoms with Gasteiger partial charge in [0.2, 0.25) is 5.91 Å². The van der Waals surface area contributed by atoms with Crippen LogP contribution in [0, 0.1) is 3.95 Å². The third-order valence-electron chi connectivity index (χ3n) is 3.31. The number of anilines is 1. The monoisotopic (exact) mass is 403 g/mol. The fourth-order valence-corrected chi connectivity index (χ4v) is 4.34. The standard InChI is InChI=1S/C18H17N3O2S3/c1-2-23-15-10-8-13(9-11-15)19-16(22)12-25-17-20-21(18(24)26-17)14-6-4-3-5-7-14/h3-11H,2,12H2,1H3,(H,19,22). The van der Waals surface area contributed by atoms with E-state index < -0.39 is 0 Å². The van der Waals surface area contributed by atoms with Crippen LogP contribution in [0.1, 0.15) is 6.92 Å².